The largest absolute Gasteiger partial charge is 0.493 e. The molecule has 26 heavy (non-hydrogen) atoms. The molecule has 0 heterocycles. The Labute approximate surface area is 166 Å². The molecule has 0 aliphatic carbocycles. The number of halogens is 2. The first-order chi connectivity index (χ1) is 12.5. The minimum Gasteiger partial charge on any atom is -0.493 e. The van der Waals surface area contributed by atoms with Crippen LogP contribution in [0.2, 0.25) is 5.02 Å². The van der Waals surface area contributed by atoms with Gasteiger partial charge in [0.25, 0.3) is 5.91 Å². The number of amides is 2. The van der Waals surface area contributed by atoms with Gasteiger partial charge in [0, 0.05) is 28.1 Å². The molecule has 2 amide bonds. The number of carbonyl (C=O) groups excluding carboxylic acids is 2. The first kappa shape index (κ1) is 20.3. The summed E-state index contributed by atoms with van der Waals surface area (Å²) in [6.45, 7) is 1.29. The lowest BCUT2D eigenvalue weighted by Crippen LogP contribution is -2.30. The predicted molar refractivity (Wildman–Crippen MR) is 106 cm³/mol. The van der Waals surface area contributed by atoms with E-state index in [0.717, 1.165) is 4.47 Å². The van der Waals surface area contributed by atoms with Crippen LogP contribution >= 0.6 is 27.5 Å². The Morgan fingerprint density at radius 2 is 1.77 bits per heavy atom. The van der Waals surface area contributed by atoms with Crippen molar-refractivity contribution in [1.29, 1.82) is 0 Å². The van der Waals surface area contributed by atoms with Crippen LogP contribution in [0, 0.1) is 0 Å². The number of hydrogen-bond acceptors (Lipinski definition) is 3. The van der Waals surface area contributed by atoms with E-state index in [-0.39, 0.29) is 18.2 Å². The van der Waals surface area contributed by atoms with Crippen LogP contribution in [0.4, 0.5) is 0 Å². The van der Waals surface area contributed by atoms with E-state index in [2.05, 4.69) is 26.6 Å². The average molecular weight is 440 g/mol. The summed E-state index contributed by atoms with van der Waals surface area (Å²) < 4.78 is 6.33. The van der Waals surface area contributed by atoms with Crippen LogP contribution in [0.15, 0.2) is 53.0 Å². The van der Waals surface area contributed by atoms with Crippen molar-refractivity contribution in [3.8, 4) is 5.75 Å². The maximum absolute atomic E-state index is 11.9. The second kappa shape index (κ2) is 10.8. The van der Waals surface area contributed by atoms with Crippen LogP contribution < -0.4 is 15.4 Å². The third-order valence-corrected chi connectivity index (χ3v) is 4.20. The van der Waals surface area contributed by atoms with Crippen LogP contribution in [0.25, 0.3) is 0 Å². The summed E-state index contributed by atoms with van der Waals surface area (Å²) >= 11 is 9.13. The van der Waals surface area contributed by atoms with E-state index in [4.69, 9.17) is 16.3 Å². The molecule has 2 N–H and O–H groups in total. The number of hydrogen-bond donors (Lipinski definition) is 2. The number of ether oxygens (including phenoxy) is 1. The van der Waals surface area contributed by atoms with Crippen molar-refractivity contribution in [3.63, 3.8) is 0 Å². The molecule has 0 bridgehead atoms. The molecule has 2 aromatic rings. The maximum atomic E-state index is 11.9. The molecule has 0 atom stereocenters. The number of nitrogens with one attached hydrogen (secondary N) is 2. The highest BCUT2D eigenvalue weighted by Crippen LogP contribution is 2.15. The van der Waals surface area contributed by atoms with Crippen molar-refractivity contribution in [1.82, 2.24) is 10.6 Å². The van der Waals surface area contributed by atoms with Crippen molar-refractivity contribution in [2.75, 3.05) is 19.7 Å². The van der Waals surface area contributed by atoms with Gasteiger partial charge in [0.05, 0.1) is 13.0 Å². The van der Waals surface area contributed by atoms with Gasteiger partial charge in [0.15, 0.2) is 0 Å². The summed E-state index contributed by atoms with van der Waals surface area (Å²) in [4.78, 5) is 23.7. The lowest BCUT2D eigenvalue weighted by molar-refractivity contribution is -0.121. The molecule has 0 radical (unpaired) electrons. The second-order valence-corrected chi connectivity index (χ2v) is 6.87. The van der Waals surface area contributed by atoms with Crippen molar-refractivity contribution < 1.29 is 14.3 Å². The molecule has 0 unspecified atom stereocenters. The van der Waals surface area contributed by atoms with Crippen LogP contribution in [0.3, 0.4) is 0 Å². The summed E-state index contributed by atoms with van der Waals surface area (Å²) in [5, 5.41) is 6.27. The van der Waals surface area contributed by atoms with Gasteiger partial charge in [-0.3, -0.25) is 9.59 Å². The highest BCUT2D eigenvalue weighted by Gasteiger charge is 2.05. The van der Waals surface area contributed by atoms with Crippen molar-refractivity contribution >= 4 is 39.3 Å². The standard InChI is InChI=1S/C19H20BrClN2O3/c20-15-4-1-3-14(13-15)19(25)23-11-2-10-22-18(24)9-12-26-17-7-5-16(21)6-8-17/h1,3-8,13H,2,9-12H2,(H,22,24)(H,23,25). The highest BCUT2D eigenvalue weighted by atomic mass is 79.9. The number of rotatable bonds is 9. The SMILES string of the molecule is O=C(CCOc1ccc(Cl)cc1)NCCCNC(=O)c1cccc(Br)c1. The second-order valence-electron chi connectivity index (χ2n) is 5.52. The van der Waals surface area contributed by atoms with E-state index in [1.165, 1.54) is 0 Å². The van der Waals surface area contributed by atoms with E-state index in [0.29, 0.717) is 42.5 Å². The van der Waals surface area contributed by atoms with E-state index in [9.17, 15) is 9.59 Å². The zero-order chi connectivity index (χ0) is 18.8. The molecule has 0 fully saturated rings. The van der Waals surface area contributed by atoms with E-state index in [1.54, 1.807) is 36.4 Å². The molecule has 0 aliphatic rings. The summed E-state index contributed by atoms with van der Waals surface area (Å²) in [5.74, 6) is 0.462. The molecular weight excluding hydrogens is 420 g/mol. The van der Waals surface area contributed by atoms with Crippen molar-refractivity contribution in [3.05, 3.63) is 63.6 Å². The monoisotopic (exact) mass is 438 g/mol. The van der Waals surface area contributed by atoms with Crippen LogP contribution in [-0.4, -0.2) is 31.5 Å². The van der Waals surface area contributed by atoms with Crippen molar-refractivity contribution in [2.24, 2.45) is 0 Å². The third-order valence-electron chi connectivity index (χ3n) is 3.46. The molecule has 7 heteroatoms. The fourth-order valence-corrected chi connectivity index (χ4v) is 2.66. The Morgan fingerprint density at radius 1 is 1.04 bits per heavy atom. The van der Waals surface area contributed by atoms with Crippen LogP contribution in [0.5, 0.6) is 5.75 Å². The van der Waals surface area contributed by atoms with Gasteiger partial charge in [0.2, 0.25) is 5.91 Å². The van der Waals surface area contributed by atoms with Gasteiger partial charge in [-0.1, -0.05) is 33.6 Å². The fourth-order valence-electron chi connectivity index (χ4n) is 2.13. The summed E-state index contributed by atoms with van der Waals surface area (Å²) in [7, 11) is 0. The number of carbonyl (C=O) groups is 2. The molecule has 2 aromatic carbocycles. The lowest BCUT2D eigenvalue weighted by atomic mass is 10.2. The Kier molecular flexibility index (Phi) is 8.44. The van der Waals surface area contributed by atoms with Crippen molar-refractivity contribution in [2.45, 2.75) is 12.8 Å². The molecule has 5 nitrogen and oxygen atoms in total. The van der Waals surface area contributed by atoms with E-state index >= 15 is 0 Å². The lowest BCUT2D eigenvalue weighted by Gasteiger charge is -2.08. The topological polar surface area (TPSA) is 67.4 Å². The normalized spacial score (nSPS) is 10.2. The summed E-state index contributed by atoms with van der Waals surface area (Å²) in [5.41, 5.74) is 0.600. The molecule has 0 aliphatic heterocycles. The quantitative estimate of drug-likeness (QED) is 0.584. The van der Waals surface area contributed by atoms with Crippen LogP contribution in [0.1, 0.15) is 23.2 Å². The predicted octanol–water partition coefficient (Wildman–Crippen LogP) is 3.81. The van der Waals surface area contributed by atoms with Gasteiger partial charge in [-0.05, 0) is 48.9 Å². The van der Waals surface area contributed by atoms with E-state index in [1.807, 2.05) is 12.1 Å². The minimum atomic E-state index is -0.131. The molecule has 0 saturated carbocycles. The summed E-state index contributed by atoms with van der Waals surface area (Å²) in [6, 6.07) is 14.2. The van der Waals surface area contributed by atoms with Gasteiger partial charge in [-0.2, -0.15) is 0 Å². The van der Waals surface area contributed by atoms with E-state index < -0.39 is 0 Å². The maximum Gasteiger partial charge on any atom is 0.251 e. The molecule has 0 spiro atoms. The average Bonchev–Trinajstić information content (AvgIpc) is 2.63. The first-order valence-corrected chi connectivity index (χ1v) is 9.40. The Morgan fingerprint density at radius 3 is 2.50 bits per heavy atom. The minimum absolute atomic E-state index is 0.0859. The van der Waals surface area contributed by atoms with Gasteiger partial charge >= 0.3 is 0 Å². The smallest absolute Gasteiger partial charge is 0.251 e. The van der Waals surface area contributed by atoms with Gasteiger partial charge in [-0.25, -0.2) is 0 Å². The molecular formula is C19H20BrClN2O3. The molecule has 0 aromatic heterocycles. The Balaban J connectivity index is 1.54. The van der Waals surface area contributed by atoms with Crippen LogP contribution in [-0.2, 0) is 4.79 Å². The summed E-state index contributed by atoms with van der Waals surface area (Å²) in [6.07, 6.45) is 0.927. The fraction of sp³-hybridized carbons (Fsp3) is 0.263. The number of benzene rings is 2. The third kappa shape index (κ3) is 7.45. The van der Waals surface area contributed by atoms with Gasteiger partial charge in [-0.15, -0.1) is 0 Å². The zero-order valence-corrected chi connectivity index (χ0v) is 16.5. The first-order valence-electron chi connectivity index (χ1n) is 8.23. The Bertz CT molecular complexity index is 738. The molecule has 0 saturated heterocycles. The van der Waals surface area contributed by atoms with Gasteiger partial charge in [0.1, 0.15) is 5.75 Å². The zero-order valence-electron chi connectivity index (χ0n) is 14.1. The van der Waals surface area contributed by atoms with Gasteiger partial charge < -0.3 is 15.4 Å². The highest BCUT2D eigenvalue weighted by molar-refractivity contribution is 9.10. The molecule has 2 rings (SSSR count). The molecule has 138 valence electrons. The Hall–Kier alpha value is -2.05.